The number of carbonyl (C=O) groups excluding carboxylic acids is 2. The van der Waals surface area contributed by atoms with Gasteiger partial charge in [0, 0.05) is 24.1 Å². The first-order chi connectivity index (χ1) is 10.7. The number of carbonyl (C=O) groups is 2. The highest BCUT2D eigenvalue weighted by atomic mass is 35.5. The fourth-order valence-electron chi connectivity index (χ4n) is 2.97. The molecule has 0 aromatic heterocycles. The summed E-state index contributed by atoms with van der Waals surface area (Å²) in [6, 6.07) is 7.01. The molecule has 0 heterocycles. The zero-order valence-electron chi connectivity index (χ0n) is 14.3. The molecule has 1 aromatic carbocycles. The highest BCUT2D eigenvalue weighted by molar-refractivity contribution is 5.99. The molecule has 0 radical (unpaired) electrons. The van der Waals surface area contributed by atoms with E-state index in [1.54, 1.807) is 24.3 Å². The molecule has 134 valence electrons. The van der Waals surface area contributed by atoms with Crippen molar-refractivity contribution >= 4 is 29.9 Å². The van der Waals surface area contributed by atoms with Crippen molar-refractivity contribution in [3.05, 3.63) is 29.8 Å². The molecule has 0 bridgehead atoms. The van der Waals surface area contributed by atoms with Gasteiger partial charge in [0.05, 0.1) is 12.5 Å². The number of ether oxygens (including phenoxy) is 1. The van der Waals surface area contributed by atoms with Crippen LogP contribution in [0.2, 0.25) is 0 Å². The van der Waals surface area contributed by atoms with Gasteiger partial charge in [-0.1, -0.05) is 26.0 Å². The molecule has 2 atom stereocenters. The molecule has 2 amide bonds. The number of amides is 2. The summed E-state index contributed by atoms with van der Waals surface area (Å²) in [5, 5.41) is 2.85. The van der Waals surface area contributed by atoms with Crippen molar-refractivity contribution in [3.8, 4) is 0 Å². The molecule has 7 heteroatoms. The summed E-state index contributed by atoms with van der Waals surface area (Å²) in [6.45, 7) is 6.44. The molecule has 0 aliphatic heterocycles. The lowest BCUT2D eigenvalue weighted by molar-refractivity contribution is -0.166. The van der Waals surface area contributed by atoms with Crippen LogP contribution in [0.5, 0.6) is 0 Å². The molecule has 24 heavy (non-hydrogen) atoms. The summed E-state index contributed by atoms with van der Waals surface area (Å²) in [6.07, 6.45) is 0.665. The summed E-state index contributed by atoms with van der Waals surface area (Å²) in [5.74, 6) is -0.609. The van der Waals surface area contributed by atoms with E-state index < -0.39 is 11.0 Å². The van der Waals surface area contributed by atoms with Crippen LogP contribution in [-0.2, 0) is 20.7 Å². The van der Waals surface area contributed by atoms with Gasteiger partial charge < -0.3 is 21.5 Å². The van der Waals surface area contributed by atoms with Gasteiger partial charge >= 0.3 is 0 Å². The molecule has 1 aromatic rings. The molecule has 6 nitrogen and oxygen atoms in total. The molecule has 1 aliphatic rings. The molecular formula is C17H26ClN3O3. The number of anilines is 1. The third kappa shape index (κ3) is 3.71. The van der Waals surface area contributed by atoms with E-state index in [0.29, 0.717) is 18.7 Å². The third-order valence-corrected chi connectivity index (χ3v) is 4.83. The van der Waals surface area contributed by atoms with E-state index in [-0.39, 0.29) is 36.7 Å². The quantitative estimate of drug-likeness (QED) is 0.720. The van der Waals surface area contributed by atoms with Gasteiger partial charge in [-0.2, -0.15) is 0 Å². The van der Waals surface area contributed by atoms with Crippen molar-refractivity contribution in [2.45, 2.75) is 45.3 Å². The topological polar surface area (TPSA) is 107 Å². The summed E-state index contributed by atoms with van der Waals surface area (Å²) in [5.41, 5.74) is 11.5. The van der Waals surface area contributed by atoms with Crippen molar-refractivity contribution in [1.29, 1.82) is 0 Å². The van der Waals surface area contributed by atoms with Crippen LogP contribution in [-0.4, -0.2) is 30.1 Å². The maximum atomic E-state index is 12.6. The summed E-state index contributed by atoms with van der Waals surface area (Å²) >= 11 is 0. The summed E-state index contributed by atoms with van der Waals surface area (Å²) in [7, 11) is 0. The zero-order chi connectivity index (χ0) is 17.3. The average molecular weight is 356 g/mol. The van der Waals surface area contributed by atoms with Crippen LogP contribution < -0.4 is 16.8 Å². The Balaban J connectivity index is 0.00000288. The van der Waals surface area contributed by atoms with Crippen LogP contribution >= 0.6 is 12.4 Å². The maximum Gasteiger partial charge on any atom is 0.245 e. The Morgan fingerprint density at radius 2 is 1.88 bits per heavy atom. The smallest absolute Gasteiger partial charge is 0.245 e. The van der Waals surface area contributed by atoms with Crippen molar-refractivity contribution in [2.24, 2.45) is 16.9 Å². The van der Waals surface area contributed by atoms with Gasteiger partial charge in [0.2, 0.25) is 11.8 Å². The average Bonchev–Trinajstić information content (AvgIpc) is 2.48. The van der Waals surface area contributed by atoms with Crippen LogP contribution in [0.25, 0.3) is 0 Å². The Bertz CT molecular complexity index is 604. The van der Waals surface area contributed by atoms with Crippen LogP contribution in [0.15, 0.2) is 24.3 Å². The van der Waals surface area contributed by atoms with Crippen LogP contribution in [0.4, 0.5) is 5.69 Å². The van der Waals surface area contributed by atoms with Gasteiger partial charge in [0.25, 0.3) is 0 Å². The molecule has 1 aliphatic carbocycles. The number of benzene rings is 1. The number of rotatable bonds is 6. The van der Waals surface area contributed by atoms with E-state index in [1.807, 2.05) is 20.8 Å². The standard InChI is InChI=1S/C17H25N3O3.ClH/c1-4-23-13-10-17(19,16(13,2)3)15(22)20-12-7-5-11(6-8-12)9-14(18)21;/h5-8,13H,4,9-10,19H2,1-3H3,(H2,18,21)(H,20,22);1H. The predicted molar refractivity (Wildman–Crippen MR) is 95.9 cm³/mol. The highest BCUT2D eigenvalue weighted by Gasteiger charge is 2.62. The SMILES string of the molecule is CCOC1CC(N)(C(=O)Nc2ccc(CC(N)=O)cc2)C1(C)C.Cl. The third-order valence-electron chi connectivity index (χ3n) is 4.83. The lowest BCUT2D eigenvalue weighted by atomic mass is 9.54. The number of hydrogen-bond donors (Lipinski definition) is 3. The van der Waals surface area contributed by atoms with E-state index in [1.165, 1.54) is 0 Å². The van der Waals surface area contributed by atoms with Crippen LogP contribution in [0.3, 0.4) is 0 Å². The van der Waals surface area contributed by atoms with Gasteiger partial charge in [0.1, 0.15) is 5.54 Å². The van der Waals surface area contributed by atoms with Crippen molar-refractivity contribution in [2.75, 3.05) is 11.9 Å². The number of nitrogens with one attached hydrogen (secondary N) is 1. The normalized spacial score (nSPS) is 24.4. The lowest BCUT2D eigenvalue weighted by Gasteiger charge is -2.57. The number of halogens is 1. The molecule has 0 saturated heterocycles. The second-order valence-electron chi connectivity index (χ2n) is 6.64. The zero-order valence-corrected chi connectivity index (χ0v) is 15.1. The largest absolute Gasteiger partial charge is 0.378 e. The van der Waals surface area contributed by atoms with Crippen molar-refractivity contribution in [3.63, 3.8) is 0 Å². The maximum absolute atomic E-state index is 12.6. The first-order valence-corrected chi connectivity index (χ1v) is 7.80. The lowest BCUT2D eigenvalue weighted by Crippen LogP contribution is -2.74. The van der Waals surface area contributed by atoms with E-state index >= 15 is 0 Å². The second-order valence-corrected chi connectivity index (χ2v) is 6.64. The van der Waals surface area contributed by atoms with E-state index in [9.17, 15) is 9.59 Å². The minimum atomic E-state index is -0.960. The van der Waals surface area contributed by atoms with Gasteiger partial charge in [0.15, 0.2) is 0 Å². The van der Waals surface area contributed by atoms with Crippen molar-refractivity contribution in [1.82, 2.24) is 0 Å². The Morgan fingerprint density at radius 3 is 2.33 bits per heavy atom. The van der Waals surface area contributed by atoms with Gasteiger partial charge in [-0.05, 0) is 24.6 Å². The van der Waals surface area contributed by atoms with E-state index in [2.05, 4.69) is 5.32 Å². The Kier molecular flexibility index (Phi) is 6.38. The summed E-state index contributed by atoms with van der Waals surface area (Å²) < 4.78 is 5.64. The molecule has 0 spiro atoms. The number of nitrogens with two attached hydrogens (primary N) is 2. The van der Waals surface area contributed by atoms with E-state index in [0.717, 1.165) is 5.56 Å². The molecule has 1 saturated carbocycles. The van der Waals surface area contributed by atoms with Gasteiger partial charge in [-0.15, -0.1) is 12.4 Å². The second kappa shape index (κ2) is 7.51. The Hall–Kier alpha value is -1.63. The van der Waals surface area contributed by atoms with Crippen molar-refractivity contribution < 1.29 is 14.3 Å². The first kappa shape index (κ1) is 20.4. The van der Waals surface area contributed by atoms with Gasteiger partial charge in [-0.3, -0.25) is 9.59 Å². The highest BCUT2D eigenvalue weighted by Crippen LogP contribution is 2.50. The van der Waals surface area contributed by atoms with Crippen LogP contribution in [0, 0.1) is 5.41 Å². The molecule has 2 unspecified atom stereocenters. The first-order valence-electron chi connectivity index (χ1n) is 7.80. The number of hydrogen-bond acceptors (Lipinski definition) is 4. The number of primary amides is 1. The monoisotopic (exact) mass is 355 g/mol. The Morgan fingerprint density at radius 1 is 1.29 bits per heavy atom. The molecular weight excluding hydrogens is 330 g/mol. The van der Waals surface area contributed by atoms with E-state index in [4.69, 9.17) is 16.2 Å². The minimum absolute atomic E-state index is 0. The molecule has 5 N–H and O–H groups in total. The summed E-state index contributed by atoms with van der Waals surface area (Å²) in [4.78, 5) is 23.5. The van der Waals surface area contributed by atoms with Crippen LogP contribution in [0.1, 0.15) is 32.8 Å². The fraction of sp³-hybridized carbons (Fsp3) is 0.529. The van der Waals surface area contributed by atoms with Gasteiger partial charge in [-0.25, -0.2) is 0 Å². The fourth-order valence-corrected chi connectivity index (χ4v) is 2.97. The Labute approximate surface area is 148 Å². The predicted octanol–water partition coefficient (Wildman–Crippen LogP) is 1.61. The minimum Gasteiger partial charge on any atom is -0.378 e. The molecule has 1 fully saturated rings. The molecule has 2 rings (SSSR count).